The summed E-state index contributed by atoms with van der Waals surface area (Å²) in [7, 11) is 1.36. The predicted octanol–water partition coefficient (Wildman–Crippen LogP) is 5.11. The smallest absolute Gasteiger partial charge is 0.338 e. The highest BCUT2D eigenvalue weighted by Crippen LogP contribution is 2.32. The van der Waals surface area contributed by atoms with E-state index in [9.17, 15) is 9.59 Å². The minimum atomic E-state index is -0.609. The fraction of sp³-hybridized carbons (Fsp3) is 0.182. The van der Waals surface area contributed by atoms with E-state index in [1.165, 1.54) is 24.0 Å². The summed E-state index contributed by atoms with van der Waals surface area (Å²) in [4.78, 5) is 32.5. The van der Waals surface area contributed by atoms with Crippen LogP contribution in [0, 0.1) is 6.92 Å². The number of carbonyl (C=O) groups is 1. The van der Waals surface area contributed by atoms with Gasteiger partial charge in [-0.15, -0.1) is 0 Å². The first kappa shape index (κ1) is 25.8. The van der Waals surface area contributed by atoms with Crippen molar-refractivity contribution in [2.75, 3.05) is 7.11 Å². The Morgan fingerprint density at radius 2 is 1.68 bits per heavy atom. The maximum atomic E-state index is 14.1. The maximum absolute atomic E-state index is 14.1. The van der Waals surface area contributed by atoms with Gasteiger partial charge in [-0.25, -0.2) is 9.79 Å². The molecule has 0 radical (unpaired) electrons. The topological polar surface area (TPSA) is 65.6 Å². The van der Waals surface area contributed by atoms with Crippen LogP contribution >= 0.6 is 11.3 Å². The lowest BCUT2D eigenvalue weighted by molar-refractivity contribution is -0.136. The van der Waals surface area contributed by atoms with Crippen molar-refractivity contribution >= 4 is 34.3 Å². The number of thiazole rings is 1. The number of benzene rings is 3. The number of rotatable bonds is 6. The number of para-hydroxylation sites is 1. The van der Waals surface area contributed by atoms with Gasteiger partial charge >= 0.3 is 5.97 Å². The molecule has 5 aromatic rings. The minimum absolute atomic E-state index is 0.173. The highest BCUT2D eigenvalue weighted by atomic mass is 32.1. The molecule has 40 heavy (non-hydrogen) atoms. The number of methoxy groups -OCH3 is 1. The standard InChI is InChI=1S/C33H29N3O3S/c1-4-26-29(32(38)39-3)30(23-15-9-6-10-16-23)36-31(37)28(40-33(36)34-26)19-25-21(2)35(20-22-13-7-5-8-14-22)27-18-12-11-17-24(25)27/h5-19,30H,4,20H2,1-3H3/b28-19-/t30-/m1/s1. The SMILES string of the molecule is CCC1=C(C(=O)OC)[C@@H](c2ccccc2)n2c(s/c(=C\c3c(C)n(Cc4ccccc4)c4ccccc34)c2=O)=N1. The molecule has 3 aromatic carbocycles. The molecule has 1 atom stereocenters. The van der Waals surface area contributed by atoms with E-state index < -0.39 is 12.0 Å². The van der Waals surface area contributed by atoms with Gasteiger partial charge in [0.25, 0.3) is 5.56 Å². The molecule has 6 rings (SSSR count). The molecule has 1 aliphatic rings. The molecular formula is C33H29N3O3S. The summed E-state index contributed by atoms with van der Waals surface area (Å²) in [6.07, 6.45) is 2.53. The Labute approximate surface area is 235 Å². The monoisotopic (exact) mass is 547 g/mol. The fourth-order valence-corrected chi connectivity index (χ4v) is 6.56. The van der Waals surface area contributed by atoms with Crippen molar-refractivity contribution in [1.82, 2.24) is 9.13 Å². The number of nitrogens with zero attached hydrogens (tertiary/aromatic N) is 3. The zero-order valence-electron chi connectivity index (χ0n) is 22.6. The van der Waals surface area contributed by atoms with Crippen LogP contribution in [0.5, 0.6) is 0 Å². The molecule has 0 N–H and O–H groups in total. The summed E-state index contributed by atoms with van der Waals surface area (Å²) in [5.74, 6) is -0.469. The van der Waals surface area contributed by atoms with Crippen molar-refractivity contribution in [2.24, 2.45) is 4.99 Å². The second kappa shape index (κ2) is 10.6. The summed E-state index contributed by atoms with van der Waals surface area (Å²) in [5, 5.41) is 1.09. The lowest BCUT2D eigenvalue weighted by Gasteiger charge is -2.25. The largest absolute Gasteiger partial charge is 0.466 e. The summed E-state index contributed by atoms with van der Waals surface area (Å²) < 4.78 is 9.69. The minimum Gasteiger partial charge on any atom is -0.466 e. The fourth-order valence-electron chi connectivity index (χ4n) is 5.56. The van der Waals surface area contributed by atoms with Crippen LogP contribution in [0.25, 0.3) is 17.0 Å². The van der Waals surface area contributed by atoms with Crippen molar-refractivity contribution in [3.8, 4) is 0 Å². The number of hydrogen-bond acceptors (Lipinski definition) is 5. The number of carbonyl (C=O) groups excluding carboxylic acids is 1. The third-order valence-electron chi connectivity index (χ3n) is 7.50. The molecule has 7 heteroatoms. The van der Waals surface area contributed by atoms with Gasteiger partial charge < -0.3 is 9.30 Å². The quantitative estimate of drug-likeness (QED) is 0.278. The van der Waals surface area contributed by atoms with Crippen molar-refractivity contribution in [3.05, 3.63) is 138 Å². The van der Waals surface area contributed by atoms with Crippen LogP contribution in [0.15, 0.2) is 106 Å². The number of fused-ring (bicyclic) bond motifs is 2. The molecule has 0 unspecified atom stereocenters. The second-order valence-corrected chi connectivity index (χ2v) is 10.8. The Morgan fingerprint density at radius 1 is 1.00 bits per heavy atom. The van der Waals surface area contributed by atoms with Crippen LogP contribution in [0.3, 0.4) is 0 Å². The molecule has 0 spiro atoms. The molecule has 200 valence electrons. The van der Waals surface area contributed by atoms with E-state index in [1.807, 2.05) is 73.7 Å². The van der Waals surface area contributed by atoms with Crippen molar-refractivity contribution in [3.63, 3.8) is 0 Å². The van der Waals surface area contributed by atoms with E-state index in [0.717, 1.165) is 34.3 Å². The van der Waals surface area contributed by atoms with Gasteiger partial charge in [0, 0.05) is 28.7 Å². The average molecular weight is 548 g/mol. The zero-order chi connectivity index (χ0) is 27.8. The zero-order valence-corrected chi connectivity index (χ0v) is 23.4. The summed E-state index contributed by atoms with van der Waals surface area (Å²) >= 11 is 1.36. The lowest BCUT2D eigenvalue weighted by atomic mass is 9.95. The second-order valence-electron chi connectivity index (χ2n) is 9.79. The number of ether oxygens (including phenoxy) is 1. The maximum Gasteiger partial charge on any atom is 0.338 e. The summed E-state index contributed by atoms with van der Waals surface area (Å²) in [6.45, 7) is 4.80. The Hall–Kier alpha value is -4.49. The van der Waals surface area contributed by atoms with E-state index in [1.54, 1.807) is 4.57 Å². The van der Waals surface area contributed by atoms with Gasteiger partial charge in [0.1, 0.15) is 0 Å². The Balaban J connectivity index is 1.58. The molecule has 1 aliphatic heterocycles. The summed E-state index contributed by atoms with van der Waals surface area (Å²) in [5.41, 5.74) is 6.14. The van der Waals surface area contributed by atoms with E-state index >= 15 is 0 Å². The molecule has 2 aromatic heterocycles. The van der Waals surface area contributed by atoms with Gasteiger partial charge in [-0.2, -0.15) is 0 Å². The van der Waals surface area contributed by atoms with Crippen LogP contribution in [-0.4, -0.2) is 22.2 Å². The van der Waals surface area contributed by atoms with E-state index in [-0.39, 0.29) is 5.56 Å². The van der Waals surface area contributed by atoms with Crippen LogP contribution < -0.4 is 14.9 Å². The molecule has 0 saturated carbocycles. The molecule has 3 heterocycles. The number of esters is 1. The number of hydrogen-bond donors (Lipinski definition) is 0. The highest BCUT2D eigenvalue weighted by Gasteiger charge is 2.33. The molecule has 0 amide bonds. The van der Waals surface area contributed by atoms with Crippen molar-refractivity contribution in [2.45, 2.75) is 32.9 Å². The molecule has 6 nitrogen and oxygen atoms in total. The Morgan fingerprint density at radius 3 is 2.38 bits per heavy atom. The first-order chi connectivity index (χ1) is 19.5. The first-order valence-corrected chi connectivity index (χ1v) is 14.1. The molecule has 0 aliphatic carbocycles. The molecule has 0 fully saturated rings. The van der Waals surface area contributed by atoms with E-state index in [4.69, 9.17) is 9.73 Å². The molecule has 0 bridgehead atoms. The van der Waals surface area contributed by atoms with E-state index in [0.29, 0.717) is 27.0 Å². The third kappa shape index (κ3) is 4.32. The van der Waals surface area contributed by atoms with Gasteiger partial charge in [0.15, 0.2) is 4.80 Å². The van der Waals surface area contributed by atoms with Gasteiger partial charge in [-0.1, -0.05) is 97.1 Å². The molecule has 0 saturated heterocycles. The highest BCUT2D eigenvalue weighted by molar-refractivity contribution is 7.07. The van der Waals surface area contributed by atoms with Crippen LogP contribution in [0.2, 0.25) is 0 Å². The number of allylic oxidation sites excluding steroid dienone is 1. The van der Waals surface area contributed by atoms with Gasteiger partial charge in [-0.3, -0.25) is 9.36 Å². The lowest BCUT2D eigenvalue weighted by Crippen LogP contribution is -2.40. The third-order valence-corrected chi connectivity index (χ3v) is 8.49. The van der Waals surface area contributed by atoms with Crippen LogP contribution in [-0.2, 0) is 16.1 Å². The average Bonchev–Trinajstić information content (AvgIpc) is 3.45. The number of aromatic nitrogens is 2. The van der Waals surface area contributed by atoms with Crippen molar-refractivity contribution < 1.29 is 9.53 Å². The summed E-state index contributed by atoms with van der Waals surface area (Å²) in [6, 6.07) is 27.7. The first-order valence-electron chi connectivity index (χ1n) is 13.3. The molecular weight excluding hydrogens is 518 g/mol. The van der Waals surface area contributed by atoms with E-state index in [2.05, 4.69) is 35.8 Å². The van der Waals surface area contributed by atoms with Crippen LogP contribution in [0.1, 0.15) is 41.8 Å². The normalized spacial score (nSPS) is 15.3. The van der Waals surface area contributed by atoms with Gasteiger partial charge in [0.2, 0.25) is 0 Å². The Bertz CT molecular complexity index is 1950. The van der Waals surface area contributed by atoms with Gasteiger partial charge in [-0.05, 0) is 36.6 Å². The van der Waals surface area contributed by atoms with Crippen LogP contribution in [0.4, 0.5) is 0 Å². The van der Waals surface area contributed by atoms with Crippen molar-refractivity contribution in [1.29, 1.82) is 0 Å². The predicted molar refractivity (Wildman–Crippen MR) is 159 cm³/mol. The van der Waals surface area contributed by atoms with Gasteiger partial charge in [0.05, 0.1) is 29.0 Å². The Kier molecular flexibility index (Phi) is 6.82.